The van der Waals surface area contributed by atoms with Gasteiger partial charge in [0.2, 0.25) is 11.8 Å². The van der Waals surface area contributed by atoms with Crippen LogP contribution in [0.2, 0.25) is 0 Å². The van der Waals surface area contributed by atoms with Gasteiger partial charge in [0.05, 0.1) is 12.8 Å². The van der Waals surface area contributed by atoms with Crippen LogP contribution in [-0.2, 0) is 4.79 Å². The zero-order chi connectivity index (χ0) is 19.1. The number of hydrogen-bond donors (Lipinski definition) is 2. The topological polar surface area (TPSA) is 112 Å². The molecule has 2 aromatic heterocycles. The van der Waals surface area contributed by atoms with Crippen LogP contribution in [0, 0.1) is 0 Å². The fourth-order valence-electron chi connectivity index (χ4n) is 2.14. The molecule has 0 saturated heterocycles. The fraction of sp³-hybridized carbons (Fsp3) is 0.0526. The van der Waals surface area contributed by atoms with E-state index < -0.39 is 5.91 Å². The molecule has 136 valence electrons. The van der Waals surface area contributed by atoms with Gasteiger partial charge in [0.1, 0.15) is 29.5 Å². The average Bonchev–Trinajstić information content (AvgIpc) is 2.68. The molecule has 0 unspecified atom stereocenters. The van der Waals surface area contributed by atoms with Crippen molar-refractivity contribution < 1.29 is 14.3 Å². The summed E-state index contributed by atoms with van der Waals surface area (Å²) in [5.74, 6) is 2.27. The summed E-state index contributed by atoms with van der Waals surface area (Å²) in [6.07, 6.45) is 4.17. The number of carbonyl (C=O) groups excluding carboxylic acids is 1. The Morgan fingerprint density at radius 2 is 1.85 bits per heavy atom. The van der Waals surface area contributed by atoms with Crippen LogP contribution < -0.4 is 20.5 Å². The Balaban J connectivity index is 1.72. The van der Waals surface area contributed by atoms with Crippen LogP contribution in [0.3, 0.4) is 0 Å². The number of rotatable bonds is 7. The predicted molar refractivity (Wildman–Crippen MR) is 101 cm³/mol. The second-order valence-corrected chi connectivity index (χ2v) is 5.33. The highest BCUT2D eigenvalue weighted by atomic mass is 16.5. The van der Waals surface area contributed by atoms with Gasteiger partial charge in [0, 0.05) is 12.1 Å². The minimum absolute atomic E-state index is 0.377. The second-order valence-electron chi connectivity index (χ2n) is 5.33. The van der Waals surface area contributed by atoms with Gasteiger partial charge in [-0.15, -0.1) is 0 Å². The first kappa shape index (κ1) is 17.9. The van der Waals surface area contributed by atoms with E-state index in [1.807, 2.05) is 0 Å². The van der Waals surface area contributed by atoms with Crippen molar-refractivity contribution in [3.05, 3.63) is 66.6 Å². The highest BCUT2D eigenvalue weighted by Crippen LogP contribution is 2.24. The van der Waals surface area contributed by atoms with Gasteiger partial charge in [-0.1, -0.05) is 6.07 Å². The van der Waals surface area contributed by atoms with Crippen LogP contribution in [-0.4, -0.2) is 28.0 Å². The van der Waals surface area contributed by atoms with E-state index in [1.54, 1.807) is 55.6 Å². The summed E-state index contributed by atoms with van der Waals surface area (Å²) >= 11 is 0. The maximum Gasteiger partial charge on any atom is 0.241 e. The Morgan fingerprint density at radius 1 is 1.07 bits per heavy atom. The van der Waals surface area contributed by atoms with Crippen LogP contribution >= 0.6 is 0 Å². The average molecular weight is 363 g/mol. The summed E-state index contributed by atoms with van der Waals surface area (Å²) in [4.78, 5) is 23.4. The summed E-state index contributed by atoms with van der Waals surface area (Å²) < 4.78 is 10.8. The number of methoxy groups -OCH3 is 1. The van der Waals surface area contributed by atoms with E-state index in [4.69, 9.17) is 15.2 Å². The van der Waals surface area contributed by atoms with Crippen molar-refractivity contribution in [3.8, 4) is 17.4 Å². The van der Waals surface area contributed by atoms with E-state index in [1.165, 1.54) is 18.5 Å². The quantitative estimate of drug-likeness (QED) is 0.621. The number of nitrogens with one attached hydrogen (secondary N) is 1. The molecule has 2 heterocycles. The van der Waals surface area contributed by atoms with Gasteiger partial charge in [-0.2, -0.15) is 0 Å². The minimum Gasteiger partial charge on any atom is -0.497 e. The van der Waals surface area contributed by atoms with Crippen LogP contribution in [0.5, 0.6) is 17.4 Å². The Kier molecular flexibility index (Phi) is 5.58. The van der Waals surface area contributed by atoms with E-state index >= 15 is 0 Å². The number of amides is 1. The number of nitrogens with two attached hydrogens (primary N) is 1. The third-order valence-corrected chi connectivity index (χ3v) is 3.37. The smallest absolute Gasteiger partial charge is 0.241 e. The zero-order valence-electron chi connectivity index (χ0n) is 14.5. The summed E-state index contributed by atoms with van der Waals surface area (Å²) in [6, 6.07) is 14.1. The predicted octanol–water partition coefficient (Wildman–Crippen LogP) is 2.91. The Labute approximate surface area is 155 Å². The molecule has 0 aliphatic rings. The number of anilines is 2. The molecule has 8 nitrogen and oxygen atoms in total. The Bertz CT molecular complexity index is 958. The summed E-state index contributed by atoms with van der Waals surface area (Å²) in [5, 5.41) is 3.06. The number of hydrogen-bond acceptors (Lipinski definition) is 7. The van der Waals surface area contributed by atoms with E-state index in [9.17, 15) is 4.79 Å². The molecule has 0 radical (unpaired) electrons. The van der Waals surface area contributed by atoms with Gasteiger partial charge in [0.25, 0.3) is 0 Å². The van der Waals surface area contributed by atoms with Gasteiger partial charge in [-0.05, 0) is 42.5 Å². The molecule has 0 aliphatic heterocycles. The molecular formula is C19H17N5O3. The van der Waals surface area contributed by atoms with E-state index in [2.05, 4.69) is 20.3 Å². The van der Waals surface area contributed by atoms with Crippen LogP contribution in [0.4, 0.5) is 11.6 Å². The van der Waals surface area contributed by atoms with Gasteiger partial charge < -0.3 is 20.5 Å². The molecule has 0 aliphatic carbocycles. The van der Waals surface area contributed by atoms with E-state index in [-0.39, 0.29) is 0 Å². The maximum absolute atomic E-state index is 10.8. The third kappa shape index (κ3) is 5.27. The van der Waals surface area contributed by atoms with Gasteiger partial charge in [-0.3, -0.25) is 4.79 Å². The second kappa shape index (κ2) is 8.43. The number of nitrogens with zero attached hydrogens (tertiary/aromatic N) is 3. The van der Waals surface area contributed by atoms with Crippen molar-refractivity contribution in [3.63, 3.8) is 0 Å². The number of carbonyl (C=O) groups is 1. The molecule has 3 N–H and O–H groups in total. The first-order valence-corrected chi connectivity index (χ1v) is 7.98. The van der Waals surface area contributed by atoms with E-state index in [0.29, 0.717) is 29.0 Å². The number of aromatic nitrogens is 3. The summed E-state index contributed by atoms with van der Waals surface area (Å²) in [7, 11) is 1.60. The number of benzene rings is 1. The molecule has 27 heavy (non-hydrogen) atoms. The van der Waals surface area contributed by atoms with Crippen molar-refractivity contribution in [2.45, 2.75) is 0 Å². The van der Waals surface area contributed by atoms with Crippen LogP contribution in [0.1, 0.15) is 5.69 Å². The summed E-state index contributed by atoms with van der Waals surface area (Å²) in [5.41, 5.74) is 5.68. The molecule has 1 amide bonds. The Hall–Kier alpha value is -3.94. The first-order chi connectivity index (χ1) is 13.1. The first-order valence-electron chi connectivity index (χ1n) is 7.98. The molecular weight excluding hydrogens is 346 g/mol. The lowest BCUT2D eigenvalue weighted by molar-refractivity contribution is -0.113. The van der Waals surface area contributed by atoms with E-state index in [0.717, 1.165) is 5.75 Å². The van der Waals surface area contributed by atoms with Crippen molar-refractivity contribution in [1.82, 2.24) is 15.0 Å². The molecule has 0 bridgehead atoms. The highest BCUT2D eigenvalue weighted by Gasteiger charge is 2.04. The maximum atomic E-state index is 10.8. The lowest BCUT2D eigenvalue weighted by atomic mass is 10.3. The number of primary amides is 1. The highest BCUT2D eigenvalue weighted by molar-refractivity contribution is 5.90. The number of pyridine rings is 1. The number of ether oxygens (including phenoxy) is 2. The van der Waals surface area contributed by atoms with Gasteiger partial charge in [-0.25, -0.2) is 15.0 Å². The van der Waals surface area contributed by atoms with Crippen LogP contribution in [0.25, 0.3) is 6.08 Å². The lowest BCUT2D eigenvalue weighted by Gasteiger charge is -2.08. The van der Waals surface area contributed by atoms with Crippen molar-refractivity contribution in [2.75, 3.05) is 12.4 Å². The summed E-state index contributed by atoms with van der Waals surface area (Å²) in [6.45, 7) is 0. The van der Waals surface area contributed by atoms with Crippen LogP contribution in [0.15, 0.2) is 60.9 Å². The van der Waals surface area contributed by atoms with Gasteiger partial charge in [0.15, 0.2) is 0 Å². The fourth-order valence-corrected chi connectivity index (χ4v) is 2.14. The lowest BCUT2D eigenvalue weighted by Crippen LogP contribution is -2.05. The van der Waals surface area contributed by atoms with Crippen molar-refractivity contribution >= 4 is 23.6 Å². The third-order valence-electron chi connectivity index (χ3n) is 3.37. The van der Waals surface area contributed by atoms with Crippen molar-refractivity contribution in [1.29, 1.82) is 0 Å². The van der Waals surface area contributed by atoms with Gasteiger partial charge >= 0.3 is 0 Å². The van der Waals surface area contributed by atoms with Crippen molar-refractivity contribution in [2.24, 2.45) is 5.73 Å². The molecule has 1 aromatic carbocycles. The molecule has 3 rings (SSSR count). The molecule has 8 heteroatoms. The standard InChI is InChI=1S/C19H17N5O3/c1-26-14-6-8-15(9-7-14)27-19-11-18(21-12-22-19)24-17-4-2-3-13(23-17)5-10-16(20)25/h2-12H,1H3,(H2,20,25)(H,21,22,23,24). The molecule has 0 atom stereocenters. The SMILES string of the molecule is COc1ccc(Oc2cc(Nc3cccc(C=CC(N)=O)n3)ncn2)cc1. The molecule has 0 spiro atoms. The molecule has 0 fully saturated rings. The zero-order valence-corrected chi connectivity index (χ0v) is 14.5. The largest absolute Gasteiger partial charge is 0.497 e. The molecule has 0 saturated carbocycles. The Morgan fingerprint density at radius 3 is 2.59 bits per heavy atom. The normalized spacial score (nSPS) is 10.6. The monoisotopic (exact) mass is 363 g/mol. The minimum atomic E-state index is -0.536. The molecule has 3 aromatic rings.